The average Bonchev–Trinajstić information content (AvgIpc) is 2.53. The zero-order valence-electron chi connectivity index (χ0n) is 13.3. The highest BCUT2D eigenvalue weighted by molar-refractivity contribution is 8.15. The van der Waals surface area contributed by atoms with Gasteiger partial charge in [0, 0.05) is 12.1 Å². The van der Waals surface area contributed by atoms with Crippen molar-refractivity contribution < 1.29 is 9.47 Å². The first-order valence-corrected chi connectivity index (χ1v) is 8.36. The summed E-state index contributed by atoms with van der Waals surface area (Å²) in [6.07, 6.45) is 0.786. The van der Waals surface area contributed by atoms with Crippen molar-refractivity contribution in [2.75, 3.05) is 19.8 Å². The molecule has 1 heterocycles. The van der Waals surface area contributed by atoms with E-state index < -0.39 is 5.25 Å². The largest absolute Gasteiger partial charge is 0.490 e. The van der Waals surface area contributed by atoms with E-state index in [1.54, 1.807) is 0 Å². The van der Waals surface area contributed by atoms with Gasteiger partial charge in [-0.1, -0.05) is 11.8 Å². The molecule has 0 bridgehead atoms. The van der Waals surface area contributed by atoms with Gasteiger partial charge in [-0.15, -0.1) is 0 Å². The molecule has 0 aromatic heterocycles. The molecule has 1 aliphatic heterocycles. The van der Waals surface area contributed by atoms with Gasteiger partial charge in [0.15, 0.2) is 16.7 Å². The van der Waals surface area contributed by atoms with E-state index in [1.165, 1.54) is 0 Å². The van der Waals surface area contributed by atoms with Crippen LogP contribution in [-0.4, -0.2) is 35.9 Å². The Bertz CT molecular complexity index is 667. The van der Waals surface area contributed by atoms with E-state index in [-0.39, 0.29) is 5.17 Å². The third-order valence-electron chi connectivity index (χ3n) is 3.32. The Labute approximate surface area is 140 Å². The molecule has 1 atom stereocenters. The van der Waals surface area contributed by atoms with E-state index in [0.717, 1.165) is 29.3 Å². The Balaban J connectivity index is 2.46. The Morgan fingerprint density at radius 3 is 2.61 bits per heavy atom. The molecule has 1 aromatic carbocycles. The van der Waals surface area contributed by atoms with Gasteiger partial charge in [-0.2, -0.15) is 5.26 Å². The molecule has 3 N–H and O–H groups in total. The number of nitrogens with one attached hydrogen (secondary N) is 1. The van der Waals surface area contributed by atoms with Crippen LogP contribution in [0.2, 0.25) is 0 Å². The van der Waals surface area contributed by atoms with E-state index in [4.69, 9.17) is 20.6 Å². The quantitative estimate of drug-likeness (QED) is 0.614. The SMILES string of the molecule is CCOc1cc2c(cc1OCC)C(C(C#N)SC(=N)N)=NCC2. The Morgan fingerprint density at radius 1 is 1.39 bits per heavy atom. The zero-order chi connectivity index (χ0) is 16.8. The third-order valence-corrected chi connectivity index (χ3v) is 4.14. The minimum atomic E-state index is -0.598. The van der Waals surface area contributed by atoms with E-state index in [9.17, 15) is 5.26 Å². The second-order valence-electron chi connectivity index (χ2n) is 4.83. The van der Waals surface area contributed by atoms with Crippen molar-refractivity contribution in [3.63, 3.8) is 0 Å². The number of hydrogen-bond donors (Lipinski definition) is 2. The molecule has 0 saturated carbocycles. The van der Waals surface area contributed by atoms with Crippen molar-refractivity contribution in [2.24, 2.45) is 10.7 Å². The van der Waals surface area contributed by atoms with Gasteiger partial charge in [-0.25, -0.2) is 0 Å². The molecule has 0 amide bonds. The summed E-state index contributed by atoms with van der Waals surface area (Å²) in [6, 6.07) is 6.02. The van der Waals surface area contributed by atoms with Crippen LogP contribution in [0.15, 0.2) is 17.1 Å². The molecular formula is C16H20N4O2S. The van der Waals surface area contributed by atoms with Gasteiger partial charge in [0.2, 0.25) is 0 Å². The van der Waals surface area contributed by atoms with Gasteiger partial charge in [-0.3, -0.25) is 10.4 Å². The highest BCUT2D eigenvalue weighted by Crippen LogP contribution is 2.34. The highest BCUT2D eigenvalue weighted by atomic mass is 32.2. The highest BCUT2D eigenvalue weighted by Gasteiger charge is 2.26. The number of amidine groups is 1. The van der Waals surface area contributed by atoms with Crippen molar-refractivity contribution in [3.05, 3.63) is 23.3 Å². The summed E-state index contributed by atoms with van der Waals surface area (Å²) >= 11 is 1.00. The molecule has 0 spiro atoms. The predicted octanol–water partition coefficient (Wildman–Crippen LogP) is 2.35. The maximum atomic E-state index is 9.40. The number of aliphatic imine (C=N–C) groups is 1. The van der Waals surface area contributed by atoms with Crippen molar-refractivity contribution in [1.29, 1.82) is 10.7 Å². The summed E-state index contributed by atoms with van der Waals surface area (Å²) < 4.78 is 11.3. The lowest BCUT2D eigenvalue weighted by Crippen LogP contribution is -2.25. The van der Waals surface area contributed by atoms with Crippen LogP contribution in [0, 0.1) is 16.7 Å². The third kappa shape index (κ3) is 3.96. The molecule has 0 fully saturated rings. The fraction of sp³-hybridized carbons (Fsp3) is 0.438. The van der Waals surface area contributed by atoms with Gasteiger partial charge in [0.1, 0.15) is 5.25 Å². The normalized spacial score (nSPS) is 14.2. The summed E-state index contributed by atoms with van der Waals surface area (Å²) in [6.45, 7) is 5.53. The molecule has 2 rings (SSSR count). The summed E-state index contributed by atoms with van der Waals surface area (Å²) in [5, 5.41) is 16.1. The van der Waals surface area contributed by atoms with Crippen molar-refractivity contribution in [3.8, 4) is 17.6 Å². The van der Waals surface area contributed by atoms with Crippen LogP contribution in [0.3, 0.4) is 0 Å². The van der Waals surface area contributed by atoms with Gasteiger partial charge in [-0.05, 0) is 38.0 Å². The van der Waals surface area contributed by atoms with Crippen LogP contribution in [0.1, 0.15) is 25.0 Å². The number of thioether (sulfide) groups is 1. The van der Waals surface area contributed by atoms with E-state index in [0.29, 0.717) is 37.0 Å². The molecule has 0 aliphatic carbocycles. The molecule has 122 valence electrons. The number of rotatable bonds is 6. The lowest BCUT2D eigenvalue weighted by Gasteiger charge is -2.22. The Kier molecular flexibility index (Phi) is 5.88. The minimum absolute atomic E-state index is 0.0951. The fourth-order valence-electron chi connectivity index (χ4n) is 2.46. The zero-order valence-corrected chi connectivity index (χ0v) is 14.1. The van der Waals surface area contributed by atoms with Crippen LogP contribution in [0.25, 0.3) is 0 Å². The van der Waals surface area contributed by atoms with Crippen LogP contribution in [0.4, 0.5) is 0 Å². The average molecular weight is 332 g/mol. The maximum Gasteiger partial charge on any atom is 0.161 e. The van der Waals surface area contributed by atoms with Gasteiger partial charge < -0.3 is 15.2 Å². The van der Waals surface area contributed by atoms with Crippen LogP contribution >= 0.6 is 11.8 Å². The molecule has 0 saturated heterocycles. The second-order valence-corrected chi connectivity index (χ2v) is 5.98. The van der Waals surface area contributed by atoms with Crippen molar-refractivity contribution >= 4 is 22.6 Å². The monoisotopic (exact) mass is 332 g/mol. The number of fused-ring (bicyclic) bond motifs is 1. The van der Waals surface area contributed by atoms with Crippen LogP contribution < -0.4 is 15.2 Å². The molecular weight excluding hydrogens is 312 g/mol. The lowest BCUT2D eigenvalue weighted by atomic mass is 9.95. The standard InChI is InChI=1S/C16H20N4O2S/c1-3-21-12-7-10-5-6-20-15(14(9-17)23-16(18)19)11(10)8-13(12)22-4-2/h7-8,14H,3-6H2,1-2H3,(H3,18,19). The molecule has 1 aromatic rings. The van der Waals surface area contributed by atoms with Crippen LogP contribution in [0.5, 0.6) is 11.5 Å². The first-order chi connectivity index (χ1) is 11.1. The topological polar surface area (TPSA) is 104 Å². The smallest absolute Gasteiger partial charge is 0.161 e. The van der Waals surface area contributed by atoms with Crippen LogP contribution in [-0.2, 0) is 6.42 Å². The predicted molar refractivity (Wildman–Crippen MR) is 92.8 cm³/mol. The maximum absolute atomic E-state index is 9.40. The summed E-state index contributed by atoms with van der Waals surface area (Å²) in [4.78, 5) is 4.50. The van der Waals surface area contributed by atoms with Gasteiger partial charge >= 0.3 is 0 Å². The van der Waals surface area contributed by atoms with Crippen molar-refractivity contribution in [2.45, 2.75) is 25.5 Å². The number of ether oxygens (including phenoxy) is 2. The number of hydrogen-bond acceptors (Lipinski definition) is 6. The summed E-state index contributed by atoms with van der Waals surface area (Å²) in [5.41, 5.74) is 8.04. The van der Waals surface area contributed by atoms with E-state index in [2.05, 4.69) is 11.1 Å². The Hall–Kier alpha value is -2.20. The van der Waals surface area contributed by atoms with E-state index >= 15 is 0 Å². The van der Waals surface area contributed by atoms with Crippen molar-refractivity contribution in [1.82, 2.24) is 0 Å². The molecule has 0 radical (unpaired) electrons. The number of nitrogens with two attached hydrogens (primary N) is 1. The molecule has 23 heavy (non-hydrogen) atoms. The Morgan fingerprint density at radius 2 is 2.04 bits per heavy atom. The first-order valence-electron chi connectivity index (χ1n) is 7.48. The second kappa shape index (κ2) is 7.88. The summed E-state index contributed by atoms with van der Waals surface area (Å²) in [5.74, 6) is 1.36. The fourth-order valence-corrected chi connectivity index (χ4v) is 3.08. The summed E-state index contributed by atoms with van der Waals surface area (Å²) in [7, 11) is 0. The molecule has 7 heteroatoms. The molecule has 1 aliphatic rings. The number of nitrogens with zero attached hydrogens (tertiary/aromatic N) is 2. The molecule has 1 unspecified atom stereocenters. The van der Waals surface area contributed by atoms with Gasteiger partial charge in [0.05, 0.1) is 25.0 Å². The first kappa shape index (κ1) is 17.2. The lowest BCUT2D eigenvalue weighted by molar-refractivity contribution is 0.287. The minimum Gasteiger partial charge on any atom is -0.490 e. The number of nitriles is 1. The molecule has 6 nitrogen and oxygen atoms in total. The number of benzene rings is 1. The van der Waals surface area contributed by atoms with E-state index in [1.807, 2.05) is 26.0 Å². The van der Waals surface area contributed by atoms with Gasteiger partial charge in [0.25, 0.3) is 0 Å².